The first-order valence-electron chi connectivity index (χ1n) is 16.6. The second kappa shape index (κ2) is 13.6. The van der Waals surface area contributed by atoms with Crippen LogP contribution in [-0.2, 0) is 0 Å². The largest absolute Gasteiger partial charge is 0.298 e. The molecule has 0 saturated carbocycles. The van der Waals surface area contributed by atoms with E-state index in [9.17, 15) is 0 Å². The summed E-state index contributed by atoms with van der Waals surface area (Å²) < 4.78 is 0. The van der Waals surface area contributed by atoms with Crippen molar-refractivity contribution in [3.05, 3.63) is 0 Å². The van der Waals surface area contributed by atoms with E-state index in [2.05, 4.69) is 144 Å². The standard InChI is InChI=1S/C13H27N.C12H26N2.C11H23N/c1-12(2,3)11-7-9-14(10-8-11)13(4,5)6;1-11(2,3)13-7-9-14(10-8-13)12(4,5)6;1-10(2,3)9-7-12(8-9)11(4,5)6/h11H,7-10H2,1-6H3;7-10H2,1-6H3;9H,7-8H2,1-6H3. The minimum atomic E-state index is 0.337. The number of piperidine rings is 1. The van der Waals surface area contributed by atoms with Gasteiger partial charge in [0.2, 0.25) is 0 Å². The zero-order valence-electron chi connectivity index (χ0n) is 31.0. The van der Waals surface area contributed by atoms with Gasteiger partial charge in [0.1, 0.15) is 0 Å². The van der Waals surface area contributed by atoms with Crippen molar-refractivity contribution in [2.45, 2.75) is 160 Å². The molecule has 0 atom stereocenters. The Balaban J connectivity index is 0.000000301. The molecule has 0 aromatic heterocycles. The van der Waals surface area contributed by atoms with Gasteiger partial charge in [-0.2, -0.15) is 0 Å². The van der Waals surface area contributed by atoms with Crippen LogP contribution >= 0.6 is 0 Å². The van der Waals surface area contributed by atoms with Crippen molar-refractivity contribution in [2.24, 2.45) is 22.7 Å². The van der Waals surface area contributed by atoms with E-state index in [1.165, 1.54) is 65.2 Å². The van der Waals surface area contributed by atoms with Crippen molar-refractivity contribution in [1.29, 1.82) is 0 Å². The number of rotatable bonds is 0. The third-order valence-corrected chi connectivity index (χ3v) is 9.90. The molecule has 4 nitrogen and oxygen atoms in total. The SMILES string of the molecule is CC(C)(C)C1CCN(C(C)(C)C)CC1.CC(C)(C)C1CN(C(C)(C)C)C1.CC(C)(C)N1CCN(C(C)(C)C)CC1. The predicted octanol–water partition coefficient (Wildman–Crippen LogP) is 8.51. The minimum absolute atomic E-state index is 0.337. The van der Waals surface area contributed by atoms with Crippen LogP contribution in [0.4, 0.5) is 0 Å². The lowest BCUT2D eigenvalue weighted by molar-refractivity contribution is -0.0345. The summed E-state index contributed by atoms with van der Waals surface area (Å²) in [5, 5.41) is 0. The lowest BCUT2D eigenvalue weighted by atomic mass is 9.74. The van der Waals surface area contributed by atoms with Gasteiger partial charge in [0.25, 0.3) is 0 Å². The molecular formula is C36H76N4. The van der Waals surface area contributed by atoms with Crippen LogP contribution in [0.5, 0.6) is 0 Å². The van der Waals surface area contributed by atoms with Crippen LogP contribution < -0.4 is 0 Å². The third kappa shape index (κ3) is 12.6. The highest BCUT2D eigenvalue weighted by Gasteiger charge is 2.40. The Morgan fingerprint density at radius 1 is 0.325 bits per heavy atom. The molecule has 3 aliphatic rings. The van der Waals surface area contributed by atoms with Crippen molar-refractivity contribution in [1.82, 2.24) is 19.6 Å². The van der Waals surface area contributed by atoms with Crippen molar-refractivity contribution < 1.29 is 0 Å². The molecule has 40 heavy (non-hydrogen) atoms. The van der Waals surface area contributed by atoms with Crippen LogP contribution in [-0.4, -0.2) is 94.1 Å². The van der Waals surface area contributed by atoms with Gasteiger partial charge in [0, 0.05) is 61.4 Å². The van der Waals surface area contributed by atoms with Gasteiger partial charge in [-0.1, -0.05) is 41.5 Å². The van der Waals surface area contributed by atoms with Crippen LogP contribution in [0.3, 0.4) is 0 Å². The molecule has 0 N–H and O–H groups in total. The summed E-state index contributed by atoms with van der Waals surface area (Å²) in [6, 6.07) is 0. The monoisotopic (exact) mass is 565 g/mol. The summed E-state index contributed by atoms with van der Waals surface area (Å²) in [6.45, 7) is 51.8. The molecule has 240 valence electrons. The summed E-state index contributed by atoms with van der Waals surface area (Å²) in [5.41, 5.74) is 2.42. The Kier molecular flexibility index (Phi) is 12.9. The minimum Gasteiger partial charge on any atom is -0.298 e. The molecule has 3 aliphatic heterocycles. The highest BCUT2D eigenvalue weighted by Crippen LogP contribution is 2.37. The molecule has 3 fully saturated rings. The Morgan fingerprint density at radius 2 is 0.575 bits per heavy atom. The van der Waals surface area contributed by atoms with Gasteiger partial charge in [0.05, 0.1) is 0 Å². The normalized spacial score (nSPS) is 22.6. The lowest BCUT2D eigenvalue weighted by Gasteiger charge is -2.52. The first-order chi connectivity index (χ1) is 17.6. The summed E-state index contributed by atoms with van der Waals surface area (Å²) in [4.78, 5) is 10.3. The van der Waals surface area contributed by atoms with E-state index < -0.39 is 0 Å². The summed E-state index contributed by atoms with van der Waals surface area (Å²) in [5.74, 6) is 1.82. The fourth-order valence-electron chi connectivity index (χ4n) is 6.04. The van der Waals surface area contributed by atoms with Crippen molar-refractivity contribution in [2.75, 3.05) is 52.4 Å². The maximum absolute atomic E-state index is 2.62. The van der Waals surface area contributed by atoms with Crippen molar-refractivity contribution >= 4 is 0 Å². The molecule has 0 aromatic rings. The van der Waals surface area contributed by atoms with E-state index in [1.54, 1.807) is 0 Å². The maximum atomic E-state index is 2.62. The predicted molar refractivity (Wildman–Crippen MR) is 180 cm³/mol. The fourth-order valence-corrected chi connectivity index (χ4v) is 6.04. The molecule has 0 aromatic carbocycles. The summed E-state index contributed by atoms with van der Waals surface area (Å²) in [7, 11) is 0. The zero-order chi connectivity index (χ0) is 31.5. The molecule has 0 amide bonds. The quantitative estimate of drug-likeness (QED) is 0.292. The topological polar surface area (TPSA) is 13.0 Å². The highest BCUT2D eigenvalue weighted by molar-refractivity contribution is 4.93. The van der Waals surface area contributed by atoms with Crippen molar-refractivity contribution in [3.63, 3.8) is 0 Å². The molecular weight excluding hydrogens is 488 g/mol. The van der Waals surface area contributed by atoms with Gasteiger partial charge in [0.15, 0.2) is 0 Å². The van der Waals surface area contributed by atoms with Gasteiger partial charge in [-0.05, 0) is 132 Å². The molecule has 3 rings (SSSR count). The molecule has 0 spiro atoms. The molecule has 0 radical (unpaired) electrons. The first kappa shape index (κ1) is 37.9. The van der Waals surface area contributed by atoms with Gasteiger partial charge in [-0.3, -0.25) is 19.6 Å². The summed E-state index contributed by atoms with van der Waals surface area (Å²) in [6.07, 6.45) is 2.75. The average Bonchev–Trinajstić information content (AvgIpc) is 2.69. The number of nitrogens with zero attached hydrogens (tertiary/aromatic N) is 4. The molecule has 0 bridgehead atoms. The fraction of sp³-hybridized carbons (Fsp3) is 1.00. The smallest absolute Gasteiger partial charge is 0.0126 e. The van der Waals surface area contributed by atoms with Crippen LogP contribution in [0.25, 0.3) is 0 Å². The van der Waals surface area contributed by atoms with E-state index in [-0.39, 0.29) is 0 Å². The third-order valence-electron chi connectivity index (χ3n) is 9.90. The Hall–Kier alpha value is -0.160. The zero-order valence-corrected chi connectivity index (χ0v) is 31.0. The van der Waals surface area contributed by atoms with Crippen LogP contribution in [0.1, 0.15) is 137 Å². The number of hydrogen-bond acceptors (Lipinski definition) is 4. The number of likely N-dealkylation sites (tertiary alicyclic amines) is 2. The van der Waals surface area contributed by atoms with Gasteiger partial charge < -0.3 is 0 Å². The van der Waals surface area contributed by atoms with E-state index in [0.717, 1.165) is 11.8 Å². The molecule has 3 saturated heterocycles. The van der Waals surface area contributed by atoms with Crippen LogP contribution in [0.15, 0.2) is 0 Å². The first-order valence-corrected chi connectivity index (χ1v) is 16.6. The van der Waals surface area contributed by atoms with Crippen LogP contribution in [0, 0.1) is 22.7 Å². The molecule has 0 unspecified atom stereocenters. The second-order valence-electron chi connectivity index (χ2n) is 19.3. The van der Waals surface area contributed by atoms with E-state index in [0.29, 0.717) is 33.0 Å². The molecule has 0 aliphatic carbocycles. The van der Waals surface area contributed by atoms with Gasteiger partial charge in [-0.15, -0.1) is 0 Å². The Bertz CT molecular complexity index is 602. The Morgan fingerprint density at radius 3 is 0.800 bits per heavy atom. The van der Waals surface area contributed by atoms with E-state index in [4.69, 9.17) is 0 Å². The highest BCUT2D eigenvalue weighted by atomic mass is 15.3. The summed E-state index contributed by atoms with van der Waals surface area (Å²) >= 11 is 0. The molecule has 4 heteroatoms. The molecule has 3 heterocycles. The van der Waals surface area contributed by atoms with E-state index >= 15 is 0 Å². The maximum Gasteiger partial charge on any atom is 0.0126 e. The lowest BCUT2D eigenvalue weighted by Crippen LogP contribution is -2.59. The van der Waals surface area contributed by atoms with E-state index in [1.807, 2.05) is 0 Å². The van der Waals surface area contributed by atoms with Gasteiger partial charge >= 0.3 is 0 Å². The second-order valence-corrected chi connectivity index (χ2v) is 19.3. The van der Waals surface area contributed by atoms with Crippen molar-refractivity contribution in [3.8, 4) is 0 Å². The van der Waals surface area contributed by atoms with Crippen LogP contribution in [0.2, 0.25) is 0 Å². The average molecular weight is 565 g/mol. The Labute approximate surface area is 254 Å². The number of piperazine rings is 1. The van der Waals surface area contributed by atoms with Gasteiger partial charge in [-0.25, -0.2) is 0 Å². The number of hydrogen-bond donors (Lipinski definition) is 0.